The van der Waals surface area contributed by atoms with Gasteiger partial charge in [0, 0.05) is 0 Å². The van der Waals surface area contributed by atoms with Crippen molar-refractivity contribution in [3.63, 3.8) is 0 Å². The second-order valence-corrected chi connectivity index (χ2v) is 3.89. The summed E-state index contributed by atoms with van der Waals surface area (Å²) in [5.74, 6) is 2.88. The van der Waals surface area contributed by atoms with E-state index in [4.69, 9.17) is 0 Å². The van der Waals surface area contributed by atoms with Gasteiger partial charge in [-0.3, -0.25) is 0 Å². The molecule has 0 nitrogen and oxygen atoms in total. The van der Waals surface area contributed by atoms with Gasteiger partial charge in [0.05, 0.1) is 0 Å². The van der Waals surface area contributed by atoms with E-state index >= 15 is 0 Å². The lowest BCUT2D eigenvalue weighted by molar-refractivity contribution is 0.182. The molecule has 0 bridgehead atoms. The van der Waals surface area contributed by atoms with Crippen molar-refractivity contribution in [3.05, 3.63) is 11.6 Å². The summed E-state index contributed by atoms with van der Waals surface area (Å²) in [5.41, 5.74) is 1.78. The SMILES string of the molecule is CC1C2=CCCC[C@@H]2C1C. The first-order valence-corrected chi connectivity index (χ1v) is 4.50. The number of fused-ring (bicyclic) bond motifs is 1. The van der Waals surface area contributed by atoms with Crippen LogP contribution in [0.5, 0.6) is 0 Å². The lowest BCUT2D eigenvalue weighted by Crippen LogP contribution is -2.37. The topological polar surface area (TPSA) is 0 Å². The maximum Gasteiger partial charge on any atom is -0.0169 e. The summed E-state index contributed by atoms with van der Waals surface area (Å²) in [6.45, 7) is 4.77. The van der Waals surface area contributed by atoms with Gasteiger partial charge in [0.1, 0.15) is 0 Å². The molecule has 0 N–H and O–H groups in total. The molecule has 0 radical (unpaired) electrons. The number of hydrogen-bond donors (Lipinski definition) is 0. The van der Waals surface area contributed by atoms with Gasteiger partial charge < -0.3 is 0 Å². The molecule has 1 fully saturated rings. The molecule has 0 amide bonds. The van der Waals surface area contributed by atoms with Crippen molar-refractivity contribution in [1.29, 1.82) is 0 Å². The summed E-state index contributed by atoms with van der Waals surface area (Å²) in [4.78, 5) is 0. The minimum Gasteiger partial charge on any atom is -0.0848 e. The van der Waals surface area contributed by atoms with E-state index in [1.165, 1.54) is 19.3 Å². The molecule has 1 saturated carbocycles. The maximum atomic E-state index is 2.48. The maximum absolute atomic E-state index is 2.48. The molecule has 2 unspecified atom stereocenters. The standard InChI is InChI=1S/C10H16/c1-7-8(2)10-6-4-3-5-9(7)10/h5,7-8,10H,3-4,6H2,1-2H3/t7?,8?,10-/m1/s1. The molecule has 0 saturated heterocycles. The van der Waals surface area contributed by atoms with Crippen molar-refractivity contribution in [2.24, 2.45) is 17.8 Å². The fraction of sp³-hybridized carbons (Fsp3) is 0.800. The second kappa shape index (κ2) is 2.11. The third-order valence-corrected chi connectivity index (χ3v) is 3.48. The Hall–Kier alpha value is -0.260. The highest BCUT2D eigenvalue weighted by molar-refractivity contribution is 5.23. The molecule has 56 valence electrons. The van der Waals surface area contributed by atoms with E-state index in [0.717, 1.165) is 17.8 Å². The van der Waals surface area contributed by atoms with Crippen molar-refractivity contribution < 1.29 is 0 Å². The Balaban J connectivity index is 2.16. The lowest BCUT2D eigenvalue weighted by Gasteiger charge is -2.46. The van der Waals surface area contributed by atoms with Crippen molar-refractivity contribution in [2.45, 2.75) is 33.1 Å². The fourth-order valence-electron chi connectivity index (χ4n) is 2.55. The molecule has 0 aliphatic heterocycles. The van der Waals surface area contributed by atoms with Crippen molar-refractivity contribution in [1.82, 2.24) is 0 Å². The van der Waals surface area contributed by atoms with Crippen LogP contribution in [0.3, 0.4) is 0 Å². The summed E-state index contributed by atoms with van der Waals surface area (Å²) in [6, 6.07) is 0. The van der Waals surface area contributed by atoms with Crippen LogP contribution in [0.2, 0.25) is 0 Å². The van der Waals surface area contributed by atoms with Gasteiger partial charge in [-0.25, -0.2) is 0 Å². The molecule has 2 aliphatic carbocycles. The molecular formula is C10H16. The van der Waals surface area contributed by atoms with Gasteiger partial charge >= 0.3 is 0 Å². The van der Waals surface area contributed by atoms with Crippen LogP contribution >= 0.6 is 0 Å². The van der Waals surface area contributed by atoms with E-state index in [-0.39, 0.29) is 0 Å². The monoisotopic (exact) mass is 136 g/mol. The van der Waals surface area contributed by atoms with Crippen molar-refractivity contribution >= 4 is 0 Å². The quantitative estimate of drug-likeness (QED) is 0.449. The second-order valence-electron chi connectivity index (χ2n) is 3.89. The fourth-order valence-corrected chi connectivity index (χ4v) is 2.55. The Morgan fingerprint density at radius 1 is 1.40 bits per heavy atom. The van der Waals surface area contributed by atoms with Crippen molar-refractivity contribution in [2.75, 3.05) is 0 Å². The van der Waals surface area contributed by atoms with Gasteiger partial charge in [0.15, 0.2) is 0 Å². The average Bonchev–Trinajstić information content (AvgIpc) is 2.03. The Morgan fingerprint density at radius 2 is 2.20 bits per heavy atom. The highest BCUT2D eigenvalue weighted by Crippen LogP contribution is 2.49. The summed E-state index contributed by atoms with van der Waals surface area (Å²) in [5, 5.41) is 0. The van der Waals surface area contributed by atoms with Crippen LogP contribution in [-0.4, -0.2) is 0 Å². The van der Waals surface area contributed by atoms with E-state index in [9.17, 15) is 0 Å². The zero-order valence-corrected chi connectivity index (χ0v) is 6.93. The summed E-state index contributed by atoms with van der Waals surface area (Å²) < 4.78 is 0. The summed E-state index contributed by atoms with van der Waals surface area (Å²) >= 11 is 0. The number of allylic oxidation sites excluding steroid dienone is 2. The van der Waals surface area contributed by atoms with Gasteiger partial charge in [-0.1, -0.05) is 25.5 Å². The van der Waals surface area contributed by atoms with E-state index in [1.54, 1.807) is 5.57 Å². The van der Waals surface area contributed by atoms with Crippen LogP contribution in [0.1, 0.15) is 33.1 Å². The highest BCUT2D eigenvalue weighted by Gasteiger charge is 2.39. The smallest absolute Gasteiger partial charge is 0.0169 e. The molecule has 0 aromatic rings. The van der Waals surface area contributed by atoms with Gasteiger partial charge in [-0.2, -0.15) is 0 Å². The third kappa shape index (κ3) is 0.680. The van der Waals surface area contributed by atoms with Gasteiger partial charge in [-0.15, -0.1) is 0 Å². The molecular weight excluding hydrogens is 120 g/mol. The molecule has 0 heteroatoms. The van der Waals surface area contributed by atoms with Crippen LogP contribution in [-0.2, 0) is 0 Å². The molecule has 0 heterocycles. The van der Waals surface area contributed by atoms with Gasteiger partial charge in [0.2, 0.25) is 0 Å². The number of hydrogen-bond acceptors (Lipinski definition) is 0. The third-order valence-electron chi connectivity index (χ3n) is 3.48. The Bertz CT molecular complexity index is 167. The van der Waals surface area contributed by atoms with Crippen LogP contribution in [0.15, 0.2) is 11.6 Å². The Morgan fingerprint density at radius 3 is 2.90 bits per heavy atom. The largest absolute Gasteiger partial charge is 0.0848 e. The summed E-state index contributed by atoms with van der Waals surface area (Å²) in [7, 11) is 0. The lowest BCUT2D eigenvalue weighted by atomic mass is 9.59. The first-order chi connectivity index (χ1) is 4.80. The zero-order chi connectivity index (χ0) is 7.14. The van der Waals surface area contributed by atoms with E-state index in [0.29, 0.717) is 0 Å². The van der Waals surface area contributed by atoms with Crippen molar-refractivity contribution in [3.8, 4) is 0 Å². The van der Waals surface area contributed by atoms with E-state index < -0.39 is 0 Å². The molecule has 0 spiro atoms. The molecule has 10 heavy (non-hydrogen) atoms. The molecule has 2 aliphatic rings. The van der Waals surface area contributed by atoms with Gasteiger partial charge in [0.25, 0.3) is 0 Å². The van der Waals surface area contributed by atoms with Crippen LogP contribution in [0, 0.1) is 17.8 Å². The zero-order valence-electron chi connectivity index (χ0n) is 6.93. The van der Waals surface area contributed by atoms with E-state index in [2.05, 4.69) is 19.9 Å². The van der Waals surface area contributed by atoms with Gasteiger partial charge in [-0.05, 0) is 37.0 Å². The first-order valence-electron chi connectivity index (χ1n) is 4.50. The molecule has 0 aromatic heterocycles. The first kappa shape index (κ1) is 6.45. The normalized spacial score (nSPS) is 45.4. The minimum atomic E-state index is 0.908. The molecule has 2 rings (SSSR count). The minimum absolute atomic E-state index is 0.908. The predicted octanol–water partition coefficient (Wildman–Crippen LogP) is 3.00. The highest BCUT2D eigenvalue weighted by atomic mass is 14.4. The van der Waals surface area contributed by atoms with Crippen LogP contribution in [0.4, 0.5) is 0 Å². The molecule has 0 aromatic carbocycles. The Labute approximate surface area is 63.3 Å². The molecule has 3 atom stereocenters. The van der Waals surface area contributed by atoms with Crippen LogP contribution < -0.4 is 0 Å². The predicted molar refractivity (Wildman–Crippen MR) is 43.8 cm³/mol. The summed E-state index contributed by atoms with van der Waals surface area (Å²) in [6.07, 6.45) is 6.74. The average molecular weight is 136 g/mol. The van der Waals surface area contributed by atoms with E-state index in [1.807, 2.05) is 0 Å². The Kier molecular flexibility index (Phi) is 1.36. The number of rotatable bonds is 0. The van der Waals surface area contributed by atoms with Crippen LogP contribution in [0.25, 0.3) is 0 Å².